The maximum Gasteiger partial charge on any atom is 0.199 e. The van der Waals surface area contributed by atoms with Gasteiger partial charge in [0, 0.05) is 12.5 Å². The number of phenolic OH excluding ortho intramolecular Hbond substituents is 1. The molecule has 1 fully saturated rings. The third-order valence-electron chi connectivity index (χ3n) is 2.32. The maximum absolute atomic E-state index is 9.23. The summed E-state index contributed by atoms with van der Waals surface area (Å²) in [6.45, 7) is 0.747. The highest BCUT2D eigenvalue weighted by Crippen LogP contribution is 2.28. The first-order valence-electron chi connectivity index (χ1n) is 5.02. The zero-order valence-electron chi connectivity index (χ0n) is 8.28. The van der Waals surface area contributed by atoms with Gasteiger partial charge in [0.1, 0.15) is 11.5 Å². The van der Waals surface area contributed by atoms with Gasteiger partial charge in [0.05, 0.1) is 11.6 Å². The van der Waals surface area contributed by atoms with Crippen molar-refractivity contribution in [1.82, 2.24) is 0 Å². The first kappa shape index (κ1) is 10.6. The minimum Gasteiger partial charge on any atom is -0.506 e. The van der Waals surface area contributed by atoms with Crippen molar-refractivity contribution >= 4 is 11.6 Å². The van der Waals surface area contributed by atoms with Crippen molar-refractivity contribution in [2.24, 2.45) is 0 Å². The Bertz CT molecular complexity index is 335. The SMILES string of the molecule is Oc1ccc(O[C@H]2CCCCO2)cc1Cl. The molecule has 0 bridgehead atoms. The maximum atomic E-state index is 9.23. The van der Waals surface area contributed by atoms with Crippen LogP contribution in [0.15, 0.2) is 18.2 Å². The monoisotopic (exact) mass is 228 g/mol. The van der Waals surface area contributed by atoms with Crippen LogP contribution in [0, 0.1) is 0 Å². The normalized spacial score (nSPS) is 21.3. The molecule has 82 valence electrons. The summed E-state index contributed by atoms with van der Waals surface area (Å²) in [7, 11) is 0. The molecule has 1 atom stereocenters. The number of benzene rings is 1. The summed E-state index contributed by atoms with van der Waals surface area (Å²) < 4.78 is 11.0. The van der Waals surface area contributed by atoms with Crippen LogP contribution >= 0.6 is 11.6 Å². The molecule has 1 aromatic carbocycles. The molecule has 2 rings (SSSR count). The number of hydrogen-bond donors (Lipinski definition) is 1. The molecule has 1 N–H and O–H groups in total. The Labute approximate surface area is 93.6 Å². The van der Waals surface area contributed by atoms with E-state index in [1.165, 1.54) is 6.07 Å². The second kappa shape index (κ2) is 4.73. The third-order valence-corrected chi connectivity index (χ3v) is 2.63. The molecule has 0 radical (unpaired) electrons. The Balaban J connectivity index is 2.00. The molecule has 1 saturated heterocycles. The lowest BCUT2D eigenvalue weighted by molar-refractivity contribution is -0.105. The summed E-state index contributed by atoms with van der Waals surface area (Å²) in [6, 6.07) is 4.79. The molecule has 1 heterocycles. The van der Waals surface area contributed by atoms with E-state index >= 15 is 0 Å². The van der Waals surface area contributed by atoms with Gasteiger partial charge < -0.3 is 14.6 Å². The van der Waals surface area contributed by atoms with Crippen molar-refractivity contribution in [2.75, 3.05) is 6.61 Å². The van der Waals surface area contributed by atoms with Crippen LogP contribution < -0.4 is 4.74 Å². The van der Waals surface area contributed by atoms with Crippen molar-refractivity contribution in [3.8, 4) is 11.5 Å². The van der Waals surface area contributed by atoms with Crippen molar-refractivity contribution in [2.45, 2.75) is 25.6 Å². The van der Waals surface area contributed by atoms with Crippen LogP contribution in [0.2, 0.25) is 5.02 Å². The largest absolute Gasteiger partial charge is 0.506 e. The fraction of sp³-hybridized carbons (Fsp3) is 0.455. The molecular formula is C11H13ClO3. The van der Waals surface area contributed by atoms with Crippen LogP contribution in [0.1, 0.15) is 19.3 Å². The van der Waals surface area contributed by atoms with E-state index in [4.69, 9.17) is 21.1 Å². The van der Waals surface area contributed by atoms with Gasteiger partial charge in [-0.05, 0) is 25.0 Å². The molecule has 0 unspecified atom stereocenters. The molecule has 1 aromatic rings. The van der Waals surface area contributed by atoms with E-state index in [0.717, 1.165) is 25.9 Å². The molecular weight excluding hydrogens is 216 g/mol. The molecule has 1 aliphatic heterocycles. The summed E-state index contributed by atoms with van der Waals surface area (Å²) in [5.74, 6) is 0.693. The highest BCUT2D eigenvalue weighted by atomic mass is 35.5. The van der Waals surface area contributed by atoms with E-state index in [9.17, 15) is 5.11 Å². The average Bonchev–Trinajstić information content (AvgIpc) is 2.25. The van der Waals surface area contributed by atoms with E-state index in [0.29, 0.717) is 10.8 Å². The van der Waals surface area contributed by atoms with E-state index in [2.05, 4.69) is 0 Å². The van der Waals surface area contributed by atoms with Crippen LogP contribution in [0.5, 0.6) is 11.5 Å². The van der Waals surface area contributed by atoms with Crippen LogP contribution in [0.3, 0.4) is 0 Å². The van der Waals surface area contributed by atoms with Gasteiger partial charge in [-0.2, -0.15) is 0 Å². The molecule has 1 aliphatic rings. The van der Waals surface area contributed by atoms with Gasteiger partial charge in [0.2, 0.25) is 0 Å². The lowest BCUT2D eigenvalue weighted by Gasteiger charge is -2.23. The van der Waals surface area contributed by atoms with Crippen molar-refractivity contribution < 1.29 is 14.6 Å². The zero-order chi connectivity index (χ0) is 10.7. The Morgan fingerprint density at radius 3 is 2.93 bits per heavy atom. The summed E-state index contributed by atoms with van der Waals surface area (Å²) >= 11 is 5.76. The number of halogens is 1. The molecule has 4 heteroatoms. The lowest BCUT2D eigenvalue weighted by Crippen LogP contribution is -2.24. The van der Waals surface area contributed by atoms with Crippen LogP contribution in [-0.2, 0) is 4.74 Å². The van der Waals surface area contributed by atoms with Crippen LogP contribution in [-0.4, -0.2) is 18.0 Å². The Morgan fingerprint density at radius 2 is 2.27 bits per heavy atom. The van der Waals surface area contributed by atoms with Crippen LogP contribution in [0.25, 0.3) is 0 Å². The van der Waals surface area contributed by atoms with Gasteiger partial charge in [0.25, 0.3) is 0 Å². The number of ether oxygens (including phenoxy) is 2. The van der Waals surface area contributed by atoms with Crippen LogP contribution in [0.4, 0.5) is 0 Å². The number of hydrogen-bond acceptors (Lipinski definition) is 3. The lowest BCUT2D eigenvalue weighted by atomic mass is 10.2. The number of aromatic hydroxyl groups is 1. The smallest absolute Gasteiger partial charge is 0.199 e. The summed E-state index contributed by atoms with van der Waals surface area (Å²) in [5, 5.41) is 9.53. The number of phenols is 1. The Morgan fingerprint density at radius 1 is 1.40 bits per heavy atom. The Hall–Kier alpha value is -0.930. The van der Waals surface area contributed by atoms with Crippen molar-refractivity contribution in [3.63, 3.8) is 0 Å². The second-order valence-electron chi connectivity index (χ2n) is 3.53. The molecule has 0 spiro atoms. The van der Waals surface area contributed by atoms with Gasteiger partial charge in [0.15, 0.2) is 6.29 Å². The molecule has 0 saturated carbocycles. The van der Waals surface area contributed by atoms with Gasteiger partial charge >= 0.3 is 0 Å². The summed E-state index contributed by atoms with van der Waals surface area (Å²) in [6.07, 6.45) is 2.94. The fourth-order valence-corrected chi connectivity index (χ4v) is 1.69. The topological polar surface area (TPSA) is 38.7 Å². The van der Waals surface area contributed by atoms with Gasteiger partial charge in [-0.1, -0.05) is 11.6 Å². The molecule has 0 aliphatic carbocycles. The quantitative estimate of drug-likeness (QED) is 0.846. The zero-order valence-corrected chi connectivity index (χ0v) is 9.04. The summed E-state index contributed by atoms with van der Waals surface area (Å²) in [5.41, 5.74) is 0. The summed E-state index contributed by atoms with van der Waals surface area (Å²) in [4.78, 5) is 0. The van der Waals surface area contributed by atoms with Crippen molar-refractivity contribution in [3.05, 3.63) is 23.2 Å². The number of rotatable bonds is 2. The van der Waals surface area contributed by atoms with E-state index < -0.39 is 0 Å². The van der Waals surface area contributed by atoms with E-state index in [-0.39, 0.29) is 12.0 Å². The van der Waals surface area contributed by atoms with Gasteiger partial charge in [-0.15, -0.1) is 0 Å². The Kier molecular flexibility index (Phi) is 3.34. The van der Waals surface area contributed by atoms with Gasteiger partial charge in [-0.3, -0.25) is 0 Å². The first-order valence-corrected chi connectivity index (χ1v) is 5.40. The average molecular weight is 229 g/mol. The minimum absolute atomic E-state index is 0.0635. The second-order valence-corrected chi connectivity index (χ2v) is 3.93. The fourth-order valence-electron chi connectivity index (χ4n) is 1.52. The molecule has 0 aromatic heterocycles. The highest BCUT2D eigenvalue weighted by Gasteiger charge is 2.15. The third kappa shape index (κ3) is 2.76. The molecule has 3 nitrogen and oxygen atoms in total. The predicted octanol–water partition coefficient (Wildman–Crippen LogP) is 2.95. The minimum atomic E-state index is -0.181. The highest BCUT2D eigenvalue weighted by molar-refractivity contribution is 6.32. The van der Waals surface area contributed by atoms with Crippen molar-refractivity contribution in [1.29, 1.82) is 0 Å². The molecule has 0 amide bonds. The van der Waals surface area contributed by atoms with E-state index in [1.807, 2.05) is 0 Å². The first-order chi connectivity index (χ1) is 7.25. The molecule has 15 heavy (non-hydrogen) atoms. The standard InChI is InChI=1S/C11H13ClO3/c12-9-7-8(4-5-10(9)13)15-11-3-1-2-6-14-11/h4-5,7,11,13H,1-3,6H2/t11-/m0/s1. The predicted molar refractivity (Wildman–Crippen MR) is 57.3 cm³/mol. The van der Waals surface area contributed by atoms with Gasteiger partial charge in [-0.25, -0.2) is 0 Å². The van der Waals surface area contributed by atoms with E-state index in [1.54, 1.807) is 12.1 Å².